The third-order valence-corrected chi connectivity index (χ3v) is 3.26. The molecule has 6 heteroatoms. The number of nitrogens with zero attached hydrogens (tertiary/aromatic N) is 2. The van der Waals surface area contributed by atoms with E-state index in [0.717, 1.165) is 6.42 Å². The van der Waals surface area contributed by atoms with Gasteiger partial charge in [-0.3, -0.25) is 14.5 Å². The van der Waals surface area contributed by atoms with Crippen molar-refractivity contribution in [3.8, 4) is 6.07 Å². The number of carbonyl (C=O) groups excluding carboxylic acids is 2. The quantitative estimate of drug-likeness (QED) is 0.796. The van der Waals surface area contributed by atoms with Gasteiger partial charge in [0.15, 0.2) is 0 Å². The number of benzene rings is 1. The molecule has 0 unspecified atom stereocenters. The topological polar surface area (TPSA) is 85.2 Å². The van der Waals surface area contributed by atoms with Gasteiger partial charge < -0.3 is 10.6 Å². The van der Waals surface area contributed by atoms with Crippen molar-refractivity contribution in [3.05, 3.63) is 29.8 Å². The standard InChI is InChI=1S/C16H22N4O2/c1-4-8-18-15(21)11-20(3)12(2)16(22)19-14-7-5-6-13(9-14)10-17/h5-7,9,12H,4,8,11H2,1-3H3,(H,18,21)(H,19,22)/t12-/m0/s1. The number of hydrogen-bond donors (Lipinski definition) is 2. The molecule has 2 amide bonds. The van der Waals surface area contributed by atoms with Crippen molar-refractivity contribution in [3.63, 3.8) is 0 Å². The average Bonchev–Trinajstić information content (AvgIpc) is 2.52. The van der Waals surface area contributed by atoms with E-state index in [-0.39, 0.29) is 18.4 Å². The minimum Gasteiger partial charge on any atom is -0.355 e. The number of amides is 2. The van der Waals surface area contributed by atoms with Crippen LogP contribution in [-0.2, 0) is 9.59 Å². The Morgan fingerprint density at radius 2 is 2.14 bits per heavy atom. The fraction of sp³-hybridized carbons (Fsp3) is 0.438. The Labute approximate surface area is 131 Å². The number of rotatable bonds is 7. The lowest BCUT2D eigenvalue weighted by molar-refractivity contribution is -0.124. The molecule has 2 N–H and O–H groups in total. The molecule has 118 valence electrons. The number of nitrogens with one attached hydrogen (secondary N) is 2. The van der Waals surface area contributed by atoms with Gasteiger partial charge in [-0.2, -0.15) is 5.26 Å². The summed E-state index contributed by atoms with van der Waals surface area (Å²) in [5, 5.41) is 14.4. The Balaban J connectivity index is 2.56. The fourth-order valence-corrected chi connectivity index (χ4v) is 1.80. The van der Waals surface area contributed by atoms with Crippen molar-refractivity contribution in [1.29, 1.82) is 5.26 Å². The van der Waals surface area contributed by atoms with Crippen molar-refractivity contribution in [1.82, 2.24) is 10.2 Å². The van der Waals surface area contributed by atoms with Crippen LogP contribution in [0.25, 0.3) is 0 Å². The molecule has 0 saturated heterocycles. The molecule has 0 spiro atoms. The smallest absolute Gasteiger partial charge is 0.241 e. The van der Waals surface area contributed by atoms with Crippen LogP contribution in [0.15, 0.2) is 24.3 Å². The van der Waals surface area contributed by atoms with E-state index in [0.29, 0.717) is 17.8 Å². The highest BCUT2D eigenvalue weighted by Crippen LogP contribution is 2.11. The van der Waals surface area contributed by atoms with E-state index in [9.17, 15) is 9.59 Å². The molecule has 1 aromatic rings. The summed E-state index contributed by atoms with van der Waals surface area (Å²) in [4.78, 5) is 25.5. The van der Waals surface area contributed by atoms with E-state index in [1.807, 2.05) is 13.0 Å². The highest BCUT2D eigenvalue weighted by Gasteiger charge is 2.20. The molecule has 0 heterocycles. The van der Waals surface area contributed by atoms with Crippen molar-refractivity contribution >= 4 is 17.5 Å². The zero-order valence-corrected chi connectivity index (χ0v) is 13.2. The molecule has 0 fully saturated rings. The third-order valence-electron chi connectivity index (χ3n) is 3.26. The molecule has 0 aliphatic carbocycles. The Morgan fingerprint density at radius 1 is 1.41 bits per heavy atom. The lowest BCUT2D eigenvalue weighted by Gasteiger charge is -2.23. The van der Waals surface area contributed by atoms with E-state index in [2.05, 4.69) is 10.6 Å². The highest BCUT2D eigenvalue weighted by molar-refractivity contribution is 5.95. The van der Waals surface area contributed by atoms with E-state index in [1.54, 1.807) is 43.1 Å². The first-order valence-electron chi connectivity index (χ1n) is 7.26. The van der Waals surface area contributed by atoms with Gasteiger partial charge in [0.25, 0.3) is 0 Å². The van der Waals surface area contributed by atoms with Crippen LogP contribution in [0.5, 0.6) is 0 Å². The van der Waals surface area contributed by atoms with Crippen molar-refractivity contribution < 1.29 is 9.59 Å². The van der Waals surface area contributed by atoms with Crippen LogP contribution >= 0.6 is 0 Å². The molecule has 1 aromatic carbocycles. The maximum atomic E-state index is 12.2. The van der Waals surface area contributed by atoms with Crippen LogP contribution < -0.4 is 10.6 Å². The van der Waals surface area contributed by atoms with Crippen molar-refractivity contribution in [2.75, 3.05) is 25.5 Å². The molecule has 0 bridgehead atoms. The van der Waals surface area contributed by atoms with Crippen molar-refractivity contribution in [2.45, 2.75) is 26.3 Å². The fourth-order valence-electron chi connectivity index (χ4n) is 1.80. The number of hydrogen-bond acceptors (Lipinski definition) is 4. The van der Waals surface area contributed by atoms with Crippen molar-refractivity contribution in [2.24, 2.45) is 0 Å². The SMILES string of the molecule is CCCNC(=O)CN(C)[C@@H](C)C(=O)Nc1cccc(C#N)c1. The number of anilines is 1. The van der Waals surface area contributed by atoms with Crippen LogP contribution in [0.2, 0.25) is 0 Å². The molecule has 0 aliphatic rings. The van der Waals surface area contributed by atoms with Gasteiger partial charge in [-0.15, -0.1) is 0 Å². The van der Waals surface area contributed by atoms with Crippen LogP contribution in [0.3, 0.4) is 0 Å². The zero-order chi connectivity index (χ0) is 16.5. The van der Waals surface area contributed by atoms with Crippen LogP contribution in [0, 0.1) is 11.3 Å². The molecule has 0 aliphatic heterocycles. The maximum Gasteiger partial charge on any atom is 0.241 e. The average molecular weight is 302 g/mol. The van der Waals surface area contributed by atoms with Gasteiger partial charge in [-0.25, -0.2) is 0 Å². The molecule has 1 atom stereocenters. The largest absolute Gasteiger partial charge is 0.355 e. The first kappa shape index (κ1) is 17.7. The van der Waals surface area contributed by atoms with Crippen LogP contribution in [0.4, 0.5) is 5.69 Å². The van der Waals surface area contributed by atoms with Gasteiger partial charge in [0.2, 0.25) is 11.8 Å². The lowest BCUT2D eigenvalue weighted by Crippen LogP contribution is -2.44. The molecule has 1 rings (SSSR count). The Kier molecular flexibility index (Phi) is 7.06. The lowest BCUT2D eigenvalue weighted by atomic mass is 10.2. The normalized spacial score (nSPS) is 11.6. The highest BCUT2D eigenvalue weighted by atomic mass is 16.2. The van der Waals surface area contributed by atoms with E-state index in [4.69, 9.17) is 5.26 Å². The molecular weight excluding hydrogens is 280 g/mol. The second-order valence-corrected chi connectivity index (χ2v) is 5.12. The molecule has 0 saturated carbocycles. The van der Waals surface area contributed by atoms with Gasteiger partial charge in [0, 0.05) is 12.2 Å². The predicted octanol–water partition coefficient (Wildman–Crippen LogP) is 1.34. The molecule has 22 heavy (non-hydrogen) atoms. The summed E-state index contributed by atoms with van der Waals surface area (Å²) in [7, 11) is 1.72. The Morgan fingerprint density at radius 3 is 2.77 bits per heavy atom. The minimum absolute atomic E-state index is 0.101. The summed E-state index contributed by atoms with van der Waals surface area (Å²) in [5.74, 6) is -0.323. The van der Waals surface area contributed by atoms with Crippen LogP contribution in [0.1, 0.15) is 25.8 Å². The predicted molar refractivity (Wildman–Crippen MR) is 85.2 cm³/mol. The number of likely N-dealkylation sites (N-methyl/N-ethyl adjacent to an activating group) is 1. The summed E-state index contributed by atoms with van der Waals surface area (Å²) < 4.78 is 0. The van der Waals surface area contributed by atoms with E-state index >= 15 is 0 Å². The van der Waals surface area contributed by atoms with Gasteiger partial charge in [0.1, 0.15) is 0 Å². The first-order valence-corrected chi connectivity index (χ1v) is 7.26. The third kappa shape index (κ3) is 5.54. The van der Waals surface area contributed by atoms with Gasteiger partial charge in [0.05, 0.1) is 24.2 Å². The van der Waals surface area contributed by atoms with Gasteiger partial charge >= 0.3 is 0 Å². The summed E-state index contributed by atoms with van der Waals surface area (Å²) >= 11 is 0. The van der Waals surface area contributed by atoms with Crippen LogP contribution in [-0.4, -0.2) is 42.9 Å². The monoisotopic (exact) mass is 302 g/mol. The molecular formula is C16H22N4O2. The summed E-state index contributed by atoms with van der Waals surface area (Å²) in [5.41, 5.74) is 1.05. The van der Waals surface area contributed by atoms with E-state index < -0.39 is 6.04 Å². The zero-order valence-electron chi connectivity index (χ0n) is 13.2. The van der Waals surface area contributed by atoms with E-state index in [1.165, 1.54) is 0 Å². The summed E-state index contributed by atoms with van der Waals surface area (Å²) in [6.45, 7) is 4.51. The first-order chi connectivity index (χ1) is 10.5. The Hall–Kier alpha value is -2.39. The second kappa shape index (κ2) is 8.80. The summed E-state index contributed by atoms with van der Waals surface area (Å²) in [6.07, 6.45) is 0.876. The summed E-state index contributed by atoms with van der Waals surface area (Å²) in [6, 6.07) is 8.27. The molecule has 0 aromatic heterocycles. The number of carbonyl (C=O) groups is 2. The van der Waals surface area contributed by atoms with Gasteiger partial charge in [-0.1, -0.05) is 13.0 Å². The Bertz CT molecular complexity index is 566. The number of nitriles is 1. The molecule has 0 radical (unpaired) electrons. The molecule has 6 nitrogen and oxygen atoms in total. The maximum absolute atomic E-state index is 12.2. The second-order valence-electron chi connectivity index (χ2n) is 5.12. The minimum atomic E-state index is -0.460. The van der Waals surface area contributed by atoms with Gasteiger partial charge in [-0.05, 0) is 38.6 Å².